The van der Waals surface area contributed by atoms with E-state index in [1.807, 2.05) is 0 Å². The standard InChI is InChI=1S/C16H26N2O2/c1-15(2)13-11(7-8-20-13)16(15,17)14(19)18-12(9-3-4-9)10-5-6-10/h9-13H,3-8,17H2,1-2H3,(H,18,19). The first kappa shape index (κ1) is 13.1. The molecule has 3 saturated carbocycles. The molecule has 112 valence electrons. The Morgan fingerprint density at radius 3 is 2.35 bits per heavy atom. The van der Waals surface area contributed by atoms with E-state index in [1.54, 1.807) is 0 Å². The molecule has 3 N–H and O–H groups in total. The Morgan fingerprint density at radius 2 is 1.80 bits per heavy atom. The number of amides is 1. The third-order valence-electron chi connectivity index (χ3n) is 6.39. The Hall–Kier alpha value is -0.610. The second kappa shape index (κ2) is 3.98. The second-order valence-corrected chi connectivity index (χ2v) is 7.95. The summed E-state index contributed by atoms with van der Waals surface area (Å²) < 4.78 is 5.78. The first-order valence-electron chi connectivity index (χ1n) is 8.17. The lowest BCUT2D eigenvalue weighted by Gasteiger charge is -2.60. The Bertz CT molecular complexity index is 430. The molecular formula is C16H26N2O2. The molecule has 4 fully saturated rings. The molecule has 0 radical (unpaired) electrons. The van der Waals surface area contributed by atoms with E-state index in [-0.39, 0.29) is 23.3 Å². The van der Waals surface area contributed by atoms with Gasteiger partial charge in [-0.15, -0.1) is 0 Å². The minimum atomic E-state index is -0.740. The zero-order valence-electron chi connectivity index (χ0n) is 12.5. The summed E-state index contributed by atoms with van der Waals surface area (Å²) in [5, 5.41) is 3.33. The Kier molecular flexibility index (Phi) is 2.60. The molecule has 20 heavy (non-hydrogen) atoms. The van der Waals surface area contributed by atoms with Gasteiger partial charge in [-0.3, -0.25) is 4.79 Å². The van der Waals surface area contributed by atoms with Crippen molar-refractivity contribution in [2.75, 3.05) is 6.61 Å². The number of hydrogen-bond acceptors (Lipinski definition) is 3. The van der Waals surface area contributed by atoms with Gasteiger partial charge in [0.15, 0.2) is 0 Å². The number of ether oxygens (including phenoxy) is 1. The summed E-state index contributed by atoms with van der Waals surface area (Å²) >= 11 is 0. The Balaban J connectivity index is 1.52. The number of carbonyl (C=O) groups is 1. The fourth-order valence-electron chi connectivity index (χ4n) is 4.65. The van der Waals surface area contributed by atoms with Crippen molar-refractivity contribution >= 4 is 5.91 Å². The summed E-state index contributed by atoms with van der Waals surface area (Å²) in [4.78, 5) is 12.9. The number of nitrogens with one attached hydrogen (secondary N) is 1. The maximum absolute atomic E-state index is 12.9. The fourth-order valence-corrected chi connectivity index (χ4v) is 4.65. The van der Waals surface area contributed by atoms with E-state index in [9.17, 15) is 4.79 Å². The number of nitrogens with two attached hydrogens (primary N) is 1. The first-order chi connectivity index (χ1) is 9.46. The van der Waals surface area contributed by atoms with Gasteiger partial charge in [0, 0.05) is 24.0 Å². The Morgan fingerprint density at radius 1 is 1.20 bits per heavy atom. The molecule has 0 aromatic rings. The monoisotopic (exact) mass is 278 g/mol. The van der Waals surface area contributed by atoms with Crippen molar-refractivity contribution < 1.29 is 9.53 Å². The van der Waals surface area contributed by atoms with Crippen molar-refractivity contribution in [3.8, 4) is 0 Å². The smallest absolute Gasteiger partial charge is 0.241 e. The number of hydrogen-bond donors (Lipinski definition) is 2. The number of rotatable bonds is 4. The molecular weight excluding hydrogens is 252 g/mol. The predicted octanol–water partition coefficient (Wildman–Crippen LogP) is 1.43. The molecule has 4 rings (SSSR count). The Labute approximate surface area is 120 Å². The van der Waals surface area contributed by atoms with Crippen LogP contribution in [0.4, 0.5) is 0 Å². The normalized spacial score (nSPS) is 42.2. The van der Waals surface area contributed by atoms with Gasteiger partial charge in [-0.25, -0.2) is 0 Å². The topological polar surface area (TPSA) is 64.3 Å². The molecule has 3 aliphatic carbocycles. The SMILES string of the molecule is CC1(C)C2OCCC2C1(N)C(=O)NC(C1CC1)C1CC1. The zero-order chi connectivity index (χ0) is 14.1. The third kappa shape index (κ3) is 1.58. The third-order valence-corrected chi connectivity index (χ3v) is 6.39. The van der Waals surface area contributed by atoms with Gasteiger partial charge in [0.05, 0.1) is 6.10 Å². The average Bonchev–Trinajstić information content (AvgIpc) is 3.33. The van der Waals surface area contributed by atoms with Crippen LogP contribution in [0.2, 0.25) is 0 Å². The van der Waals surface area contributed by atoms with Crippen molar-refractivity contribution in [2.24, 2.45) is 28.9 Å². The van der Waals surface area contributed by atoms with Crippen molar-refractivity contribution in [3.05, 3.63) is 0 Å². The average molecular weight is 278 g/mol. The second-order valence-electron chi connectivity index (χ2n) is 7.95. The van der Waals surface area contributed by atoms with Gasteiger partial charge in [-0.1, -0.05) is 13.8 Å². The van der Waals surface area contributed by atoms with Crippen LogP contribution in [0.25, 0.3) is 0 Å². The van der Waals surface area contributed by atoms with Crippen LogP contribution in [-0.2, 0) is 9.53 Å². The largest absolute Gasteiger partial charge is 0.377 e. The highest BCUT2D eigenvalue weighted by atomic mass is 16.5. The summed E-state index contributed by atoms with van der Waals surface area (Å²) in [6.07, 6.45) is 6.19. The van der Waals surface area contributed by atoms with Crippen LogP contribution in [-0.4, -0.2) is 30.2 Å². The van der Waals surface area contributed by atoms with Crippen molar-refractivity contribution in [2.45, 2.75) is 63.6 Å². The molecule has 4 heteroatoms. The van der Waals surface area contributed by atoms with Gasteiger partial charge in [-0.2, -0.15) is 0 Å². The van der Waals surface area contributed by atoms with E-state index >= 15 is 0 Å². The summed E-state index contributed by atoms with van der Waals surface area (Å²) in [5.74, 6) is 1.72. The first-order valence-corrected chi connectivity index (χ1v) is 8.17. The van der Waals surface area contributed by atoms with Gasteiger partial charge in [0.25, 0.3) is 0 Å². The highest BCUT2D eigenvalue weighted by molar-refractivity contribution is 5.90. The van der Waals surface area contributed by atoms with Crippen molar-refractivity contribution in [1.82, 2.24) is 5.32 Å². The number of carbonyl (C=O) groups excluding carboxylic acids is 1. The highest BCUT2D eigenvalue weighted by Gasteiger charge is 2.71. The highest BCUT2D eigenvalue weighted by Crippen LogP contribution is 2.58. The molecule has 1 heterocycles. The predicted molar refractivity (Wildman–Crippen MR) is 75.9 cm³/mol. The summed E-state index contributed by atoms with van der Waals surface area (Å²) in [6, 6.07) is 0.389. The van der Waals surface area contributed by atoms with Crippen molar-refractivity contribution in [3.63, 3.8) is 0 Å². The van der Waals surface area contributed by atoms with E-state index < -0.39 is 5.54 Å². The molecule has 4 aliphatic rings. The van der Waals surface area contributed by atoms with E-state index in [2.05, 4.69) is 19.2 Å². The van der Waals surface area contributed by atoms with E-state index in [4.69, 9.17) is 10.5 Å². The van der Waals surface area contributed by atoms with Crippen LogP contribution in [0.3, 0.4) is 0 Å². The van der Waals surface area contributed by atoms with Gasteiger partial charge < -0.3 is 15.8 Å². The van der Waals surface area contributed by atoms with Crippen LogP contribution < -0.4 is 11.1 Å². The zero-order valence-corrected chi connectivity index (χ0v) is 12.5. The maximum atomic E-state index is 12.9. The fraction of sp³-hybridized carbons (Fsp3) is 0.938. The van der Waals surface area contributed by atoms with E-state index in [1.165, 1.54) is 25.7 Å². The van der Waals surface area contributed by atoms with Gasteiger partial charge >= 0.3 is 0 Å². The van der Waals surface area contributed by atoms with Gasteiger partial charge in [-0.05, 0) is 43.9 Å². The van der Waals surface area contributed by atoms with Gasteiger partial charge in [0.2, 0.25) is 5.91 Å². The van der Waals surface area contributed by atoms with Crippen molar-refractivity contribution in [1.29, 1.82) is 0 Å². The molecule has 0 bridgehead atoms. The van der Waals surface area contributed by atoms with Crippen LogP contribution >= 0.6 is 0 Å². The lowest BCUT2D eigenvalue weighted by atomic mass is 9.48. The summed E-state index contributed by atoms with van der Waals surface area (Å²) in [7, 11) is 0. The molecule has 0 spiro atoms. The van der Waals surface area contributed by atoms with Crippen LogP contribution in [0.15, 0.2) is 0 Å². The van der Waals surface area contributed by atoms with Crippen LogP contribution in [0, 0.1) is 23.2 Å². The molecule has 1 amide bonds. The quantitative estimate of drug-likeness (QED) is 0.818. The molecule has 1 saturated heterocycles. The van der Waals surface area contributed by atoms with Crippen LogP contribution in [0.5, 0.6) is 0 Å². The number of fused-ring (bicyclic) bond motifs is 1. The molecule has 3 unspecified atom stereocenters. The van der Waals surface area contributed by atoms with Crippen LogP contribution in [0.1, 0.15) is 46.0 Å². The van der Waals surface area contributed by atoms with E-state index in [0.29, 0.717) is 17.9 Å². The minimum Gasteiger partial charge on any atom is -0.377 e. The molecule has 4 nitrogen and oxygen atoms in total. The molecule has 1 aliphatic heterocycles. The summed E-state index contributed by atoms with van der Waals surface area (Å²) in [6.45, 7) is 4.92. The maximum Gasteiger partial charge on any atom is 0.241 e. The van der Waals surface area contributed by atoms with Gasteiger partial charge in [0.1, 0.15) is 5.54 Å². The van der Waals surface area contributed by atoms with E-state index in [0.717, 1.165) is 13.0 Å². The lowest BCUT2D eigenvalue weighted by Crippen LogP contribution is -2.80. The molecule has 0 aromatic carbocycles. The molecule has 0 aromatic heterocycles. The lowest BCUT2D eigenvalue weighted by molar-refractivity contribution is -0.176. The summed E-state index contributed by atoms with van der Waals surface area (Å²) in [5.41, 5.74) is 5.61. The molecule has 3 atom stereocenters. The minimum absolute atomic E-state index is 0.0815.